The lowest BCUT2D eigenvalue weighted by molar-refractivity contribution is -0.137. The maximum atomic E-state index is 12.6. The van der Waals surface area contributed by atoms with Crippen LogP contribution in [0.3, 0.4) is 0 Å². The normalized spacial score (nSPS) is 22.4. The highest BCUT2D eigenvalue weighted by Crippen LogP contribution is 2.38. The lowest BCUT2D eigenvalue weighted by atomic mass is 9.89. The molecular weight excluding hydrogens is 283 g/mol. The Kier molecular flexibility index (Phi) is 3.78. The second-order valence-electron chi connectivity index (χ2n) is 5.58. The number of nitrogens with two attached hydrogens (primary N) is 1. The lowest BCUT2D eigenvalue weighted by Crippen LogP contribution is -2.39. The molecule has 1 aliphatic heterocycles. The molecule has 0 aliphatic carbocycles. The minimum Gasteiger partial charge on any atom is -0.397 e. The van der Waals surface area contributed by atoms with Crippen LogP contribution in [0.4, 0.5) is 24.5 Å². The summed E-state index contributed by atoms with van der Waals surface area (Å²) in [7, 11) is 1.57. The largest absolute Gasteiger partial charge is 0.416 e. The molecule has 1 fully saturated rings. The molecule has 7 heteroatoms. The van der Waals surface area contributed by atoms with E-state index >= 15 is 0 Å². The highest BCUT2D eigenvalue weighted by atomic mass is 19.4. The van der Waals surface area contributed by atoms with Crippen molar-refractivity contribution in [2.45, 2.75) is 19.5 Å². The first-order valence-corrected chi connectivity index (χ1v) is 6.61. The fourth-order valence-electron chi connectivity index (χ4n) is 2.67. The van der Waals surface area contributed by atoms with Crippen LogP contribution < -0.4 is 16.0 Å². The van der Waals surface area contributed by atoms with E-state index < -0.39 is 17.2 Å². The first kappa shape index (κ1) is 15.5. The van der Waals surface area contributed by atoms with Gasteiger partial charge in [-0.15, -0.1) is 0 Å². The monoisotopic (exact) mass is 301 g/mol. The third kappa shape index (κ3) is 2.91. The fraction of sp³-hybridized carbons (Fsp3) is 0.500. The van der Waals surface area contributed by atoms with Crippen molar-refractivity contribution >= 4 is 17.3 Å². The number of hydrogen-bond donors (Lipinski definition) is 2. The number of benzene rings is 1. The van der Waals surface area contributed by atoms with Crippen molar-refractivity contribution in [2.24, 2.45) is 5.41 Å². The molecule has 1 amide bonds. The number of nitrogens with zero attached hydrogens (tertiary/aromatic N) is 1. The van der Waals surface area contributed by atoms with Gasteiger partial charge in [0.05, 0.1) is 22.4 Å². The van der Waals surface area contributed by atoms with Gasteiger partial charge in [0, 0.05) is 20.1 Å². The second-order valence-corrected chi connectivity index (χ2v) is 5.58. The second kappa shape index (κ2) is 5.13. The molecule has 2 rings (SSSR count). The number of alkyl halides is 3. The van der Waals surface area contributed by atoms with Gasteiger partial charge in [-0.3, -0.25) is 4.79 Å². The van der Waals surface area contributed by atoms with E-state index in [0.717, 1.165) is 12.1 Å². The van der Waals surface area contributed by atoms with Crippen molar-refractivity contribution in [1.29, 1.82) is 0 Å². The molecule has 1 aromatic carbocycles. The van der Waals surface area contributed by atoms with Crippen LogP contribution in [0.2, 0.25) is 0 Å². The Morgan fingerprint density at radius 2 is 2.10 bits per heavy atom. The third-order valence-corrected chi connectivity index (χ3v) is 3.94. The van der Waals surface area contributed by atoms with Crippen LogP contribution in [0, 0.1) is 5.41 Å². The van der Waals surface area contributed by atoms with E-state index in [9.17, 15) is 18.0 Å². The molecule has 4 nitrogen and oxygen atoms in total. The molecule has 0 saturated carbocycles. The van der Waals surface area contributed by atoms with Gasteiger partial charge in [-0.05, 0) is 31.5 Å². The van der Waals surface area contributed by atoms with E-state index in [0.29, 0.717) is 25.2 Å². The molecule has 116 valence electrons. The van der Waals surface area contributed by atoms with E-state index in [-0.39, 0.29) is 11.6 Å². The molecule has 1 heterocycles. The Morgan fingerprint density at radius 1 is 1.43 bits per heavy atom. The molecule has 1 unspecified atom stereocenters. The summed E-state index contributed by atoms with van der Waals surface area (Å²) >= 11 is 0. The van der Waals surface area contributed by atoms with Gasteiger partial charge in [0.2, 0.25) is 5.91 Å². The molecule has 0 aromatic heterocycles. The molecule has 0 radical (unpaired) electrons. The standard InChI is InChI=1S/C14H18F3N3O/c1-13(12(21)19-2)5-6-20(8-13)11-4-3-9(7-10(11)18)14(15,16)17/h3-4,7H,5-6,8,18H2,1-2H3,(H,19,21). The molecule has 21 heavy (non-hydrogen) atoms. The predicted octanol–water partition coefficient (Wildman–Crippen LogP) is 2.25. The van der Waals surface area contributed by atoms with Crippen molar-refractivity contribution in [3.05, 3.63) is 23.8 Å². The summed E-state index contributed by atoms with van der Waals surface area (Å²) in [6.07, 6.45) is -3.78. The fourth-order valence-corrected chi connectivity index (χ4v) is 2.67. The zero-order chi connectivity index (χ0) is 15.8. The van der Waals surface area contributed by atoms with E-state index in [4.69, 9.17) is 5.73 Å². The highest BCUT2D eigenvalue weighted by Gasteiger charge is 2.40. The third-order valence-electron chi connectivity index (χ3n) is 3.94. The summed E-state index contributed by atoms with van der Waals surface area (Å²) in [6.45, 7) is 2.85. The zero-order valence-corrected chi connectivity index (χ0v) is 11.9. The topological polar surface area (TPSA) is 58.4 Å². The van der Waals surface area contributed by atoms with E-state index in [1.807, 2.05) is 11.8 Å². The number of amides is 1. The van der Waals surface area contributed by atoms with Gasteiger partial charge in [0.1, 0.15) is 0 Å². The van der Waals surface area contributed by atoms with Crippen LogP contribution in [-0.2, 0) is 11.0 Å². The molecule has 3 N–H and O–H groups in total. The van der Waals surface area contributed by atoms with Gasteiger partial charge in [-0.2, -0.15) is 13.2 Å². The van der Waals surface area contributed by atoms with Gasteiger partial charge in [0.15, 0.2) is 0 Å². The van der Waals surface area contributed by atoms with Crippen molar-refractivity contribution in [1.82, 2.24) is 5.32 Å². The number of hydrogen-bond acceptors (Lipinski definition) is 3. The van der Waals surface area contributed by atoms with Crippen molar-refractivity contribution < 1.29 is 18.0 Å². The molecule has 1 atom stereocenters. The minimum atomic E-state index is -4.41. The SMILES string of the molecule is CNC(=O)C1(C)CCN(c2ccc(C(F)(F)F)cc2N)C1. The highest BCUT2D eigenvalue weighted by molar-refractivity contribution is 5.84. The van der Waals surface area contributed by atoms with Gasteiger partial charge >= 0.3 is 6.18 Å². The summed E-state index contributed by atoms with van der Waals surface area (Å²) in [6, 6.07) is 3.32. The number of carbonyl (C=O) groups excluding carboxylic acids is 1. The quantitative estimate of drug-likeness (QED) is 0.824. The molecule has 1 aromatic rings. The Bertz CT molecular complexity index is 559. The number of nitrogens with one attached hydrogen (secondary N) is 1. The Balaban J connectivity index is 2.23. The summed E-state index contributed by atoms with van der Waals surface area (Å²) in [5.41, 5.74) is 5.05. The summed E-state index contributed by atoms with van der Waals surface area (Å²) < 4.78 is 37.9. The average molecular weight is 301 g/mol. The van der Waals surface area contributed by atoms with Gasteiger partial charge < -0.3 is 16.0 Å². The van der Waals surface area contributed by atoms with Crippen molar-refractivity contribution in [2.75, 3.05) is 30.8 Å². The Morgan fingerprint density at radius 3 is 2.62 bits per heavy atom. The lowest BCUT2D eigenvalue weighted by Gasteiger charge is -2.25. The molecule has 0 spiro atoms. The summed E-state index contributed by atoms with van der Waals surface area (Å²) in [4.78, 5) is 13.7. The minimum absolute atomic E-state index is 0.0736. The molecule has 0 bridgehead atoms. The smallest absolute Gasteiger partial charge is 0.397 e. The van der Waals surface area contributed by atoms with E-state index in [2.05, 4.69) is 5.32 Å². The van der Waals surface area contributed by atoms with Crippen LogP contribution in [-0.4, -0.2) is 26.0 Å². The molecular formula is C14H18F3N3O. The molecule has 1 aliphatic rings. The van der Waals surface area contributed by atoms with Crippen LogP contribution >= 0.6 is 0 Å². The van der Waals surface area contributed by atoms with Crippen LogP contribution in [0.15, 0.2) is 18.2 Å². The molecule has 1 saturated heterocycles. The zero-order valence-electron chi connectivity index (χ0n) is 11.9. The van der Waals surface area contributed by atoms with Crippen LogP contribution in [0.25, 0.3) is 0 Å². The Hall–Kier alpha value is -1.92. The average Bonchev–Trinajstić information content (AvgIpc) is 2.80. The van der Waals surface area contributed by atoms with Gasteiger partial charge in [0.25, 0.3) is 0 Å². The van der Waals surface area contributed by atoms with Gasteiger partial charge in [-0.25, -0.2) is 0 Å². The summed E-state index contributed by atoms with van der Waals surface area (Å²) in [5.74, 6) is -0.0736. The maximum Gasteiger partial charge on any atom is 0.416 e. The van der Waals surface area contributed by atoms with Crippen LogP contribution in [0.5, 0.6) is 0 Å². The number of anilines is 2. The number of nitrogen functional groups attached to an aromatic ring is 1. The number of carbonyl (C=O) groups is 1. The predicted molar refractivity (Wildman–Crippen MR) is 74.9 cm³/mol. The number of halogens is 3. The van der Waals surface area contributed by atoms with Gasteiger partial charge in [-0.1, -0.05) is 0 Å². The van der Waals surface area contributed by atoms with Crippen LogP contribution in [0.1, 0.15) is 18.9 Å². The summed E-state index contributed by atoms with van der Waals surface area (Å²) in [5, 5.41) is 2.62. The van der Waals surface area contributed by atoms with Crippen molar-refractivity contribution in [3.63, 3.8) is 0 Å². The van der Waals surface area contributed by atoms with Crippen molar-refractivity contribution in [3.8, 4) is 0 Å². The van der Waals surface area contributed by atoms with E-state index in [1.165, 1.54) is 6.07 Å². The first-order chi connectivity index (χ1) is 9.67. The first-order valence-electron chi connectivity index (χ1n) is 6.61. The maximum absolute atomic E-state index is 12.6. The number of rotatable bonds is 2. The van der Waals surface area contributed by atoms with E-state index in [1.54, 1.807) is 7.05 Å². The Labute approximate surface area is 121 Å².